The summed E-state index contributed by atoms with van der Waals surface area (Å²) in [6.07, 6.45) is 1.12. The molecule has 18 heavy (non-hydrogen) atoms. The molecule has 1 aliphatic heterocycles. The highest BCUT2D eigenvalue weighted by molar-refractivity contribution is 5.96. The monoisotopic (exact) mass is 246 g/mol. The molecule has 3 nitrogen and oxygen atoms in total. The van der Waals surface area contributed by atoms with Gasteiger partial charge in [0.2, 0.25) is 0 Å². The molecular weight excluding hydrogens is 224 g/mol. The molecule has 0 bridgehead atoms. The first-order valence-corrected chi connectivity index (χ1v) is 6.67. The van der Waals surface area contributed by atoms with Gasteiger partial charge in [0.25, 0.3) is 5.91 Å². The van der Waals surface area contributed by atoms with Crippen LogP contribution >= 0.6 is 0 Å². The van der Waals surface area contributed by atoms with E-state index in [9.17, 15) is 4.79 Å². The van der Waals surface area contributed by atoms with Crippen LogP contribution in [-0.2, 0) is 0 Å². The molecule has 0 aromatic heterocycles. The van der Waals surface area contributed by atoms with Crippen LogP contribution in [0.5, 0.6) is 0 Å². The van der Waals surface area contributed by atoms with Crippen molar-refractivity contribution in [3.63, 3.8) is 0 Å². The Morgan fingerprint density at radius 3 is 2.89 bits per heavy atom. The topological polar surface area (TPSA) is 41.1 Å². The van der Waals surface area contributed by atoms with Crippen molar-refractivity contribution >= 4 is 5.91 Å². The van der Waals surface area contributed by atoms with E-state index in [-0.39, 0.29) is 11.9 Å². The average Bonchev–Trinajstić information content (AvgIpc) is 2.35. The normalized spacial score (nSPS) is 23.7. The number of rotatable bonds is 2. The molecule has 1 saturated heterocycles. The molecule has 2 atom stereocenters. The third-order valence-electron chi connectivity index (χ3n) is 3.99. The number of piperidine rings is 1. The van der Waals surface area contributed by atoms with Gasteiger partial charge in [-0.1, -0.05) is 19.1 Å². The lowest BCUT2D eigenvalue weighted by Crippen LogP contribution is -2.50. The summed E-state index contributed by atoms with van der Waals surface area (Å²) in [5.41, 5.74) is 3.04. The molecule has 1 aromatic carbocycles. The number of nitrogens with one attached hydrogen (secondary N) is 2. The van der Waals surface area contributed by atoms with Gasteiger partial charge in [0.05, 0.1) is 0 Å². The molecule has 1 aliphatic rings. The van der Waals surface area contributed by atoms with Crippen LogP contribution in [0.4, 0.5) is 0 Å². The number of amides is 1. The van der Waals surface area contributed by atoms with Crippen molar-refractivity contribution in [2.45, 2.75) is 33.2 Å². The Balaban J connectivity index is 2.09. The molecule has 2 rings (SSSR count). The summed E-state index contributed by atoms with van der Waals surface area (Å²) in [5.74, 6) is 0.595. The molecule has 1 amide bonds. The van der Waals surface area contributed by atoms with Gasteiger partial charge in [0.1, 0.15) is 0 Å². The van der Waals surface area contributed by atoms with E-state index in [1.807, 2.05) is 32.0 Å². The van der Waals surface area contributed by atoms with Crippen molar-refractivity contribution in [3.8, 4) is 0 Å². The minimum absolute atomic E-state index is 0.0525. The van der Waals surface area contributed by atoms with E-state index in [1.165, 1.54) is 0 Å². The number of aryl methyl sites for hydroxylation is 1. The van der Waals surface area contributed by atoms with Crippen molar-refractivity contribution in [3.05, 3.63) is 34.9 Å². The van der Waals surface area contributed by atoms with E-state index in [1.54, 1.807) is 0 Å². The van der Waals surface area contributed by atoms with Crippen LogP contribution < -0.4 is 10.6 Å². The molecule has 0 aliphatic carbocycles. The van der Waals surface area contributed by atoms with Gasteiger partial charge < -0.3 is 10.6 Å². The van der Waals surface area contributed by atoms with Crippen LogP contribution in [-0.4, -0.2) is 25.0 Å². The fourth-order valence-electron chi connectivity index (χ4n) is 2.43. The lowest BCUT2D eigenvalue weighted by molar-refractivity contribution is 0.0914. The second-order valence-electron chi connectivity index (χ2n) is 5.30. The van der Waals surface area contributed by atoms with E-state index in [2.05, 4.69) is 17.6 Å². The molecule has 98 valence electrons. The third kappa shape index (κ3) is 2.72. The van der Waals surface area contributed by atoms with Crippen molar-refractivity contribution in [2.75, 3.05) is 13.1 Å². The summed E-state index contributed by atoms with van der Waals surface area (Å²) in [5, 5.41) is 6.48. The number of benzene rings is 1. The Bertz CT molecular complexity index is 442. The Kier molecular flexibility index (Phi) is 4.02. The smallest absolute Gasteiger partial charge is 0.251 e. The van der Waals surface area contributed by atoms with Gasteiger partial charge in [-0.05, 0) is 49.9 Å². The fraction of sp³-hybridized carbons (Fsp3) is 0.533. The lowest BCUT2D eigenvalue weighted by atomic mass is 9.94. The molecule has 0 unspecified atom stereocenters. The zero-order valence-corrected chi connectivity index (χ0v) is 11.4. The Morgan fingerprint density at radius 2 is 2.17 bits per heavy atom. The second-order valence-corrected chi connectivity index (χ2v) is 5.30. The maximum absolute atomic E-state index is 12.3. The van der Waals surface area contributed by atoms with E-state index in [0.29, 0.717) is 5.92 Å². The predicted octanol–water partition coefficient (Wildman–Crippen LogP) is 2.03. The number of hydrogen-bond acceptors (Lipinski definition) is 2. The van der Waals surface area contributed by atoms with Crippen molar-refractivity contribution in [1.29, 1.82) is 0 Å². The zero-order chi connectivity index (χ0) is 13.1. The van der Waals surface area contributed by atoms with Crippen LogP contribution in [0.2, 0.25) is 0 Å². The molecule has 0 saturated carbocycles. The molecule has 0 radical (unpaired) electrons. The van der Waals surface area contributed by atoms with E-state index in [0.717, 1.165) is 36.2 Å². The second kappa shape index (κ2) is 5.53. The standard InChI is InChI=1S/C15H22N2O/c1-10-5-4-6-13(12(10)3)15(18)17-14-9-16-8-7-11(14)2/h4-6,11,14,16H,7-9H2,1-3H3,(H,17,18)/t11-,14+/m0/s1. The summed E-state index contributed by atoms with van der Waals surface area (Å²) in [6.45, 7) is 8.17. The van der Waals surface area contributed by atoms with Crippen LogP contribution in [0.1, 0.15) is 34.8 Å². The highest BCUT2D eigenvalue weighted by Crippen LogP contribution is 2.15. The Labute approximate surface area is 109 Å². The number of carbonyl (C=O) groups is 1. The first kappa shape index (κ1) is 13.1. The van der Waals surface area contributed by atoms with Crippen molar-refractivity contribution in [2.24, 2.45) is 5.92 Å². The highest BCUT2D eigenvalue weighted by atomic mass is 16.1. The summed E-state index contributed by atoms with van der Waals surface area (Å²) < 4.78 is 0. The first-order valence-electron chi connectivity index (χ1n) is 6.67. The van der Waals surface area contributed by atoms with Gasteiger partial charge in [-0.15, -0.1) is 0 Å². The Morgan fingerprint density at radius 1 is 1.39 bits per heavy atom. The van der Waals surface area contributed by atoms with Gasteiger partial charge >= 0.3 is 0 Å². The van der Waals surface area contributed by atoms with Gasteiger partial charge in [-0.2, -0.15) is 0 Å². The maximum atomic E-state index is 12.3. The van der Waals surface area contributed by atoms with Gasteiger partial charge in [-0.3, -0.25) is 4.79 Å². The van der Waals surface area contributed by atoms with E-state index < -0.39 is 0 Å². The minimum atomic E-state index is 0.0525. The molecule has 1 fully saturated rings. The number of carbonyl (C=O) groups excluding carboxylic acids is 1. The van der Waals surface area contributed by atoms with E-state index in [4.69, 9.17) is 0 Å². The highest BCUT2D eigenvalue weighted by Gasteiger charge is 2.23. The average molecular weight is 246 g/mol. The minimum Gasteiger partial charge on any atom is -0.348 e. The van der Waals surface area contributed by atoms with Crippen LogP contribution in [0, 0.1) is 19.8 Å². The lowest BCUT2D eigenvalue weighted by Gasteiger charge is -2.30. The number of hydrogen-bond donors (Lipinski definition) is 2. The third-order valence-corrected chi connectivity index (χ3v) is 3.99. The molecule has 3 heteroatoms. The van der Waals surface area contributed by atoms with Crippen molar-refractivity contribution in [1.82, 2.24) is 10.6 Å². The predicted molar refractivity (Wildman–Crippen MR) is 73.8 cm³/mol. The molecule has 1 heterocycles. The Hall–Kier alpha value is -1.35. The zero-order valence-electron chi connectivity index (χ0n) is 11.4. The first-order chi connectivity index (χ1) is 8.59. The summed E-state index contributed by atoms with van der Waals surface area (Å²) in [4.78, 5) is 12.3. The van der Waals surface area contributed by atoms with E-state index >= 15 is 0 Å². The van der Waals surface area contributed by atoms with Crippen LogP contribution in [0.25, 0.3) is 0 Å². The molecule has 1 aromatic rings. The van der Waals surface area contributed by atoms with Crippen LogP contribution in [0.15, 0.2) is 18.2 Å². The maximum Gasteiger partial charge on any atom is 0.251 e. The summed E-state index contributed by atoms with van der Waals surface area (Å²) >= 11 is 0. The SMILES string of the molecule is Cc1cccc(C(=O)N[C@@H]2CNCC[C@@H]2C)c1C. The molecule has 0 spiro atoms. The fourth-order valence-corrected chi connectivity index (χ4v) is 2.43. The van der Waals surface area contributed by atoms with Crippen molar-refractivity contribution < 1.29 is 4.79 Å². The van der Waals surface area contributed by atoms with Crippen LogP contribution in [0.3, 0.4) is 0 Å². The summed E-state index contributed by atoms with van der Waals surface area (Å²) in [7, 11) is 0. The van der Waals surface area contributed by atoms with Gasteiger partial charge in [0.15, 0.2) is 0 Å². The summed E-state index contributed by atoms with van der Waals surface area (Å²) in [6, 6.07) is 6.13. The van der Waals surface area contributed by atoms with Gasteiger partial charge in [0, 0.05) is 18.2 Å². The quantitative estimate of drug-likeness (QED) is 0.838. The van der Waals surface area contributed by atoms with Gasteiger partial charge in [-0.25, -0.2) is 0 Å². The molecule has 2 N–H and O–H groups in total. The molecular formula is C15H22N2O. The largest absolute Gasteiger partial charge is 0.348 e.